The van der Waals surface area contributed by atoms with Gasteiger partial charge in [0.25, 0.3) is 0 Å². The lowest BCUT2D eigenvalue weighted by molar-refractivity contribution is 0.571. The fourth-order valence-corrected chi connectivity index (χ4v) is 2.98. The number of rotatable bonds is 5. The first kappa shape index (κ1) is 14.8. The zero-order valence-corrected chi connectivity index (χ0v) is 13.2. The number of benzene rings is 1. The SMILES string of the molecule is CCc1c(C)nn(-c2ccccc2C(CC)NC)c1C. The van der Waals surface area contributed by atoms with Crippen molar-refractivity contribution in [2.45, 2.75) is 46.6 Å². The Hall–Kier alpha value is -1.61. The van der Waals surface area contributed by atoms with Gasteiger partial charge in [0.2, 0.25) is 0 Å². The van der Waals surface area contributed by atoms with E-state index in [0.29, 0.717) is 6.04 Å². The zero-order valence-electron chi connectivity index (χ0n) is 13.2. The van der Waals surface area contributed by atoms with Gasteiger partial charge in [-0.05, 0) is 50.9 Å². The minimum absolute atomic E-state index is 0.361. The standard InChI is InChI=1S/C17H25N3/c1-6-14-12(3)19-20(13(14)4)17-11-9-8-10-15(17)16(7-2)18-5/h8-11,16,18H,6-7H2,1-5H3. The average molecular weight is 271 g/mol. The normalized spacial score (nSPS) is 12.7. The van der Waals surface area contributed by atoms with Crippen LogP contribution in [0.15, 0.2) is 24.3 Å². The summed E-state index contributed by atoms with van der Waals surface area (Å²) in [6, 6.07) is 8.91. The molecule has 20 heavy (non-hydrogen) atoms. The topological polar surface area (TPSA) is 29.9 Å². The molecule has 0 saturated carbocycles. The molecule has 2 rings (SSSR count). The number of aromatic nitrogens is 2. The summed E-state index contributed by atoms with van der Waals surface area (Å²) in [7, 11) is 2.02. The predicted molar refractivity (Wildman–Crippen MR) is 84.5 cm³/mol. The largest absolute Gasteiger partial charge is 0.313 e. The molecule has 0 aliphatic rings. The van der Waals surface area contributed by atoms with Gasteiger partial charge in [0.05, 0.1) is 11.4 Å². The van der Waals surface area contributed by atoms with Crippen LogP contribution in [-0.4, -0.2) is 16.8 Å². The number of aryl methyl sites for hydroxylation is 1. The third kappa shape index (κ3) is 2.50. The Morgan fingerprint density at radius 3 is 2.45 bits per heavy atom. The van der Waals surface area contributed by atoms with Gasteiger partial charge in [-0.25, -0.2) is 4.68 Å². The number of para-hydroxylation sites is 1. The van der Waals surface area contributed by atoms with E-state index >= 15 is 0 Å². The Bertz CT molecular complexity index is 580. The van der Waals surface area contributed by atoms with Gasteiger partial charge in [0.1, 0.15) is 0 Å². The molecule has 1 atom stereocenters. The van der Waals surface area contributed by atoms with Crippen LogP contribution in [0.3, 0.4) is 0 Å². The molecule has 0 spiro atoms. The van der Waals surface area contributed by atoms with Crippen molar-refractivity contribution in [1.82, 2.24) is 15.1 Å². The maximum absolute atomic E-state index is 4.75. The third-order valence-corrected chi connectivity index (χ3v) is 4.09. The minimum atomic E-state index is 0.361. The molecule has 0 aliphatic carbocycles. The van der Waals surface area contributed by atoms with Crippen molar-refractivity contribution < 1.29 is 0 Å². The molecule has 0 radical (unpaired) electrons. The predicted octanol–water partition coefficient (Wildman–Crippen LogP) is 3.72. The van der Waals surface area contributed by atoms with Crippen molar-refractivity contribution in [3.8, 4) is 5.69 Å². The van der Waals surface area contributed by atoms with Crippen LogP contribution in [0.2, 0.25) is 0 Å². The van der Waals surface area contributed by atoms with Crippen molar-refractivity contribution in [1.29, 1.82) is 0 Å². The summed E-state index contributed by atoms with van der Waals surface area (Å²) in [5.74, 6) is 0. The van der Waals surface area contributed by atoms with E-state index in [2.05, 4.69) is 62.0 Å². The van der Waals surface area contributed by atoms with Gasteiger partial charge in [-0.15, -0.1) is 0 Å². The molecule has 108 valence electrons. The van der Waals surface area contributed by atoms with E-state index in [1.54, 1.807) is 0 Å². The fourth-order valence-electron chi connectivity index (χ4n) is 2.98. The highest BCUT2D eigenvalue weighted by molar-refractivity contribution is 5.45. The first-order valence-electron chi connectivity index (χ1n) is 7.45. The smallest absolute Gasteiger partial charge is 0.0696 e. The molecule has 3 nitrogen and oxygen atoms in total. The Morgan fingerprint density at radius 2 is 1.90 bits per heavy atom. The van der Waals surface area contributed by atoms with Crippen LogP contribution in [0.4, 0.5) is 0 Å². The van der Waals surface area contributed by atoms with E-state index in [1.807, 2.05) is 7.05 Å². The molecule has 0 bridgehead atoms. The summed E-state index contributed by atoms with van der Waals surface area (Å²) in [4.78, 5) is 0. The van der Waals surface area contributed by atoms with Crippen LogP contribution >= 0.6 is 0 Å². The lowest BCUT2D eigenvalue weighted by atomic mass is 10.0. The molecule has 1 N–H and O–H groups in total. The highest BCUT2D eigenvalue weighted by atomic mass is 15.3. The van der Waals surface area contributed by atoms with E-state index in [-0.39, 0.29) is 0 Å². The quantitative estimate of drug-likeness (QED) is 0.898. The van der Waals surface area contributed by atoms with Crippen molar-refractivity contribution in [2.24, 2.45) is 0 Å². The molecule has 3 heteroatoms. The highest BCUT2D eigenvalue weighted by Crippen LogP contribution is 2.26. The van der Waals surface area contributed by atoms with Crippen molar-refractivity contribution in [3.05, 3.63) is 46.8 Å². The van der Waals surface area contributed by atoms with Crippen molar-refractivity contribution in [3.63, 3.8) is 0 Å². The molecule has 1 unspecified atom stereocenters. The molecule has 0 fully saturated rings. The van der Waals surface area contributed by atoms with E-state index in [9.17, 15) is 0 Å². The van der Waals surface area contributed by atoms with Gasteiger partial charge in [0, 0.05) is 11.7 Å². The van der Waals surface area contributed by atoms with Crippen LogP contribution in [0.25, 0.3) is 5.69 Å². The van der Waals surface area contributed by atoms with E-state index in [1.165, 1.54) is 22.5 Å². The summed E-state index contributed by atoms with van der Waals surface area (Å²) >= 11 is 0. The van der Waals surface area contributed by atoms with Crippen LogP contribution < -0.4 is 5.32 Å². The third-order valence-electron chi connectivity index (χ3n) is 4.09. The Kier molecular flexibility index (Phi) is 4.61. The second kappa shape index (κ2) is 6.23. The number of nitrogens with zero attached hydrogens (tertiary/aromatic N) is 2. The minimum Gasteiger partial charge on any atom is -0.313 e. The molecule has 0 saturated heterocycles. The van der Waals surface area contributed by atoms with E-state index in [0.717, 1.165) is 18.5 Å². The number of nitrogens with one attached hydrogen (secondary N) is 1. The summed E-state index contributed by atoms with van der Waals surface area (Å²) < 4.78 is 2.10. The lowest BCUT2D eigenvalue weighted by Gasteiger charge is -2.19. The second-order valence-electron chi connectivity index (χ2n) is 5.22. The van der Waals surface area contributed by atoms with Crippen LogP contribution in [-0.2, 0) is 6.42 Å². The van der Waals surface area contributed by atoms with Gasteiger partial charge in [0.15, 0.2) is 0 Å². The van der Waals surface area contributed by atoms with Crippen molar-refractivity contribution in [2.75, 3.05) is 7.05 Å². The van der Waals surface area contributed by atoms with Crippen LogP contribution in [0, 0.1) is 13.8 Å². The van der Waals surface area contributed by atoms with Crippen LogP contribution in [0.5, 0.6) is 0 Å². The maximum Gasteiger partial charge on any atom is 0.0696 e. The lowest BCUT2D eigenvalue weighted by Crippen LogP contribution is -2.18. The molecule has 1 heterocycles. The van der Waals surface area contributed by atoms with Gasteiger partial charge in [-0.3, -0.25) is 0 Å². The maximum atomic E-state index is 4.75. The molecular weight excluding hydrogens is 246 g/mol. The van der Waals surface area contributed by atoms with E-state index in [4.69, 9.17) is 5.10 Å². The van der Waals surface area contributed by atoms with Crippen molar-refractivity contribution >= 4 is 0 Å². The summed E-state index contributed by atoms with van der Waals surface area (Å²) in [5, 5.41) is 8.14. The first-order valence-corrected chi connectivity index (χ1v) is 7.45. The van der Waals surface area contributed by atoms with Gasteiger partial charge in [-0.1, -0.05) is 32.0 Å². The summed E-state index contributed by atoms with van der Waals surface area (Å²) in [6.45, 7) is 8.66. The summed E-state index contributed by atoms with van der Waals surface area (Å²) in [6.07, 6.45) is 2.09. The van der Waals surface area contributed by atoms with Gasteiger partial charge < -0.3 is 5.32 Å². The number of hydrogen-bond acceptors (Lipinski definition) is 2. The van der Waals surface area contributed by atoms with Crippen LogP contribution in [0.1, 0.15) is 48.8 Å². The zero-order chi connectivity index (χ0) is 14.7. The van der Waals surface area contributed by atoms with E-state index < -0.39 is 0 Å². The number of hydrogen-bond donors (Lipinski definition) is 1. The summed E-state index contributed by atoms with van der Waals surface area (Å²) in [5.41, 5.74) is 6.25. The highest BCUT2D eigenvalue weighted by Gasteiger charge is 2.17. The molecule has 1 aromatic carbocycles. The Balaban J connectivity index is 2.59. The molecule has 0 aliphatic heterocycles. The monoisotopic (exact) mass is 271 g/mol. The molecule has 2 aromatic rings. The average Bonchev–Trinajstić information content (AvgIpc) is 2.75. The van der Waals surface area contributed by atoms with Gasteiger partial charge in [-0.2, -0.15) is 5.10 Å². The second-order valence-corrected chi connectivity index (χ2v) is 5.22. The Morgan fingerprint density at radius 1 is 1.20 bits per heavy atom. The Labute approximate surface area is 122 Å². The molecule has 0 amide bonds. The molecular formula is C17H25N3. The molecule has 1 aromatic heterocycles. The fraction of sp³-hybridized carbons (Fsp3) is 0.471. The first-order chi connectivity index (χ1) is 9.63. The van der Waals surface area contributed by atoms with Gasteiger partial charge >= 0.3 is 0 Å².